The van der Waals surface area contributed by atoms with Crippen molar-refractivity contribution in [3.8, 4) is 0 Å². The van der Waals surface area contributed by atoms with Gasteiger partial charge < -0.3 is 4.90 Å². The number of hydrogen-bond acceptors (Lipinski definition) is 4. The van der Waals surface area contributed by atoms with Crippen molar-refractivity contribution in [1.29, 1.82) is 0 Å². The number of rotatable bonds is 5. The molecule has 2 aromatic carbocycles. The molecule has 29 heavy (non-hydrogen) atoms. The van der Waals surface area contributed by atoms with Crippen LogP contribution in [0.1, 0.15) is 42.1 Å². The molecule has 1 amide bonds. The Labute approximate surface area is 168 Å². The normalized spacial score (nSPS) is 16.7. The quantitative estimate of drug-likeness (QED) is 0.628. The van der Waals surface area contributed by atoms with Crippen LogP contribution in [-0.4, -0.2) is 39.2 Å². The number of benzene rings is 2. The van der Waals surface area contributed by atoms with Crippen LogP contribution in [0.25, 0.3) is 10.9 Å². The van der Waals surface area contributed by atoms with Gasteiger partial charge in [0.05, 0.1) is 23.3 Å². The molecule has 0 spiro atoms. The van der Waals surface area contributed by atoms with E-state index in [2.05, 4.69) is 4.98 Å². The second-order valence-corrected chi connectivity index (χ2v) is 7.40. The standard InChI is InChI=1S/C23H23N3O3/c27-21(17-7-2-1-3-8-17)12-13-22(28)25-14-6-9-18(15-25)26-16-24-20-11-5-4-10-19(20)23(26)29/h1-5,7-8,10-11,16,18H,6,9,12-15H2/t18-/m0/s1. The summed E-state index contributed by atoms with van der Waals surface area (Å²) in [7, 11) is 0. The van der Waals surface area contributed by atoms with Gasteiger partial charge in [0, 0.05) is 31.5 Å². The second-order valence-electron chi connectivity index (χ2n) is 7.40. The van der Waals surface area contributed by atoms with Crippen molar-refractivity contribution < 1.29 is 9.59 Å². The predicted octanol–water partition coefficient (Wildman–Crippen LogP) is 3.22. The van der Waals surface area contributed by atoms with Crippen molar-refractivity contribution in [1.82, 2.24) is 14.5 Å². The molecule has 1 aliphatic rings. The van der Waals surface area contributed by atoms with Crippen LogP contribution in [0.5, 0.6) is 0 Å². The molecule has 6 heteroatoms. The lowest BCUT2D eigenvalue weighted by Crippen LogP contribution is -2.43. The number of hydrogen-bond donors (Lipinski definition) is 0. The van der Waals surface area contributed by atoms with Gasteiger partial charge in [-0.2, -0.15) is 0 Å². The number of carbonyl (C=O) groups is 2. The van der Waals surface area contributed by atoms with Crippen molar-refractivity contribution in [2.75, 3.05) is 13.1 Å². The Bertz CT molecular complexity index is 1090. The minimum Gasteiger partial charge on any atom is -0.341 e. The van der Waals surface area contributed by atoms with E-state index in [9.17, 15) is 14.4 Å². The third kappa shape index (κ3) is 4.11. The van der Waals surface area contributed by atoms with Gasteiger partial charge in [-0.3, -0.25) is 19.0 Å². The molecule has 1 saturated heterocycles. The first-order valence-corrected chi connectivity index (χ1v) is 9.95. The largest absolute Gasteiger partial charge is 0.341 e. The Kier molecular flexibility index (Phi) is 5.51. The number of para-hydroxylation sites is 1. The summed E-state index contributed by atoms with van der Waals surface area (Å²) in [5.74, 6) is -0.0664. The number of nitrogens with zero attached hydrogens (tertiary/aromatic N) is 3. The highest BCUT2D eigenvalue weighted by Gasteiger charge is 2.26. The fraction of sp³-hybridized carbons (Fsp3) is 0.304. The number of carbonyl (C=O) groups excluding carboxylic acids is 2. The van der Waals surface area contributed by atoms with Crippen LogP contribution in [-0.2, 0) is 4.79 Å². The molecule has 0 aliphatic carbocycles. The molecule has 1 aromatic heterocycles. The van der Waals surface area contributed by atoms with Crippen LogP contribution in [0.2, 0.25) is 0 Å². The molecule has 1 atom stereocenters. The third-order valence-corrected chi connectivity index (χ3v) is 5.49. The Hall–Kier alpha value is -3.28. The van der Waals surface area contributed by atoms with E-state index >= 15 is 0 Å². The minimum absolute atomic E-state index is 0.0255. The van der Waals surface area contributed by atoms with Gasteiger partial charge in [-0.25, -0.2) is 4.98 Å². The zero-order valence-corrected chi connectivity index (χ0v) is 16.2. The summed E-state index contributed by atoms with van der Waals surface area (Å²) in [5, 5.41) is 0.590. The number of piperidine rings is 1. The molecule has 6 nitrogen and oxygen atoms in total. The number of aromatic nitrogens is 2. The van der Waals surface area contributed by atoms with Crippen molar-refractivity contribution in [2.24, 2.45) is 0 Å². The van der Waals surface area contributed by atoms with Gasteiger partial charge in [0.15, 0.2) is 5.78 Å². The van der Waals surface area contributed by atoms with E-state index < -0.39 is 0 Å². The van der Waals surface area contributed by atoms with Gasteiger partial charge in [0.1, 0.15) is 0 Å². The first kappa shape index (κ1) is 19.1. The van der Waals surface area contributed by atoms with Crippen molar-refractivity contribution in [3.05, 3.63) is 76.8 Å². The van der Waals surface area contributed by atoms with E-state index in [0.717, 1.165) is 12.8 Å². The average Bonchev–Trinajstić information content (AvgIpc) is 2.78. The average molecular weight is 389 g/mol. The van der Waals surface area contributed by atoms with Gasteiger partial charge in [0.25, 0.3) is 5.56 Å². The molecular weight excluding hydrogens is 366 g/mol. The SMILES string of the molecule is O=C(CCC(=O)N1CCC[C@H](n2cnc3ccccc3c2=O)C1)c1ccccc1. The molecule has 1 aliphatic heterocycles. The van der Waals surface area contributed by atoms with Crippen molar-refractivity contribution >= 4 is 22.6 Å². The van der Waals surface area contributed by atoms with Gasteiger partial charge >= 0.3 is 0 Å². The summed E-state index contributed by atoms with van der Waals surface area (Å²) in [4.78, 5) is 44.0. The van der Waals surface area contributed by atoms with Crippen LogP contribution in [0, 0.1) is 0 Å². The van der Waals surface area contributed by atoms with E-state index in [-0.39, 0.29) is 36.1 Å². The van der Waals surface area contributed by atoms with Gasteiger partial charge in [0.2, 0.25) is 5.91 Å². The van der Waals surface area contributed by atoms with Crippen molar-refractivity contribution in [2.45, 2.75) is 31.7 Å². The highest BCUT2D eigenvalue weighted by Crippen LogP contribution is 2.22. The maximum Gasteiger partial charge on any atom is 0.261 e. The molecule has 0 saturated carbocycles. The van der Waals surface area contributed by atoms with E-state index in [1.165, 1.54) is 0 Å². The maximum atomic E-state index is 12.9. The monoisotopic (exact) mass is 389 g/mol. The fourth-order valence-electron chi connectivity index (χ4n) is 3.90. The van der Waals surface area contributed by atoms with Crippen LogP contribution in [0.4, 0.5) is 0 Å². The Balaban J connectivity index is 1.43. The molecule has 2 heterocycles. The van der Waals surface area contributed by atoms with Crippen molar-refractivity contribution in [3.63, 3.8) is 0 Å². The summed E-state index contributed by atoms with van der Waals surface area (Å²) in [6.07, 6.45) is 3.62. The van der Waals surface area contributed by atoms with Crippen LogP contribution in [0.3, 0.4) is 0 Å². The topological polar surface area (TPSA) is 72.3 Å². The lowest BCUT2D eigenvalue weighted by molar-refractivity contribution is -0.132. The fourth-order valence-corrected chi connectivity index (χ4v) is 3.90. The first-order valence-electron chi connectivity index (χ1n) is 9.95. The summed E-state index contributed by atoms with van der Waals surface area (Å²) in [6, 6.07) is 16.2. The highest BCUT2D eigenvalue weighted by molar-refractivity contribution is 5.97. The van der Waals surface area contributed by atoms with E-state index in [1.807, 2.05) is 36.4 Å². The molecule has 0 radical (unpaired) electrons. The third-order valence-electron chi connectivity index (χ3n) is 5.49. The molecule has 3 aromatic rings. The first-order chi connectivity index (χ1) is 14.1. The zero-order valence-electron chi connectivity index (χ0n) is 16.2. The van der Waals surface area contributed by atoms with Gasteiger partial charge in [-0.1, -0.05) is 42.5 Å². The number of amides is 1. The Morgan fingerprint density at radius 2 is 1.76 bits per heavy atom. The molecule has 0 N–H and O–H groups in total. The lowest BCUT2D eigenvalue weighted by Gasteiger charge is -2.33. The zero-order chi connectivity index (χ0) is 20.2. The molecule has 4 rings (SSSR count). The number of Topliss-reactive ketones (excluding diaryl/α,β-unsaturated/α-hetero) is 1. The van der Waals surface area contributed by atoms with E-state index in [0.29, 0.717) is 29.6 Å². The number of fused-ring (bicyclic) bond motifs is 1. The summed E-state index contributed by atoms with van der Waals surface area (Å²) < 4.78 is 1.65. The second kappa shape index (κ2) is 8.39. The number of likely N-dealkylation sites (tertiary alicyclic amines) is 1. The van der Waals surface area contributed by atoms with Gasteiger partial charge in [-0.05, 0) is 25.0 Å². The smallest absolute Gasteiger partial charge is 0.261 e. The summed E-state index contributed by atoms with van der Waals surface area (Å²) in [6.45, 7) is 1.13. The summed E-state index contributed by atoms with van der Waals surface area (Å²) in [5.41, 5.74) is 1.23. The van der Waals surface area contributed by atoms with Crippen LogP contribution in [0.15, 0.2) is 65.7 Å². The number of ketones is 1. The van der Waals surface area contributed by atoms with Crippen LogP contribution >= 0.6 is 0 Å². The molecule has 1 fully saturated rings. The van der Waals surface area contributed by atoms with E-state index in [1.54, 1.807) is 34.0 Å². The van der Waals surface area contributed by atoms with Crippen LogP contribution < -0.4 is 5.56 Å². The van der Waals surface area contributed by atoms with E-state index in [4.69, 9.17) is 0 Å². The molecule has 0 unspecified atom stereocenters. The lowest BCUT2D eigenvalue weighted by atomic mass is 10.0. The summed E-state index contributed by atoms with van der Waals surface area (Å²) >= 11 is 0. The maximum absolute atomic E-state index is 12.9. The molecular formula is C23H23N3O3. The van der Waals surface area contributed by atoms with Gasteiger partial charge in [-0.15, -0.1) is 0 Å². The predicted molar refractivity (Wildman–Crippen MR) is 111 cm³/mol. The molecule has 148 valence electrons. The Morgan fingerprint density at radius 3 is 2.59 bits per heavy atom. The minimum atomic E-state index is -0.0952. The Morgan fingerprint density at radius 1 is 1.00 bits per heavy atom. The highest BCUT2D eigenvalue weighted by atomic mass is 16.2. The molecule has 0 bridgehead atoms.